The Bertz CT molecular complexity index is 768. The molecule has 110 valence electrons. The Balaban J connectivity index is 2.37. The Hall–Kier alpha value is -1.15. The van der Waals surface area contributed by atoms with Crippen molar-refractivity contribution < 1.29 is 4.57 Å². The summed E-state index contributed by atoms with van der Waals surface area (Å²) in [7, 11) is -2.95. The van der Waals surface area contributed by atoms with Crippen LogP contribution in [-0.2, 0) is 4.57 Å². The van der Waals surface area contributed by atoms with E-state index in [1.54, 1.807) is 0 Å². The van der Waals surface area contributed by atoms with Gasteiger partial charge in [-0.25, -0.2) is 0 Å². The molecule has 0 radical (unpaired) electrons. The van der Waals surface area contributed by atoms with Crippen LogP contribution in [0.15, 0.2) is 87.8 Å². The lowest BCUT2D eigenvalue weighted by Crippen LogP contribution is -2.26. The molecule has 0 aliphatic rings. The first-order valence-electron chi connectivity index (χ1n) is 6.80. The second-order valence-corrected chi connectivity index (χ2v) is 9.26. The fourth-order valence-electron chi connectivity index (χ4n) is 2.47. The summed E-state index contributed by atoms with van der Waals surface area (Å²) in [5.74, 6) is 0. The predicted octanol–water partition coefficient (Wildman–Crippen LogP) is 4.85. The number of hydrogen-bond acceptors (Lipinski definition) is 1. The van der Waals surface area contributed by atoms with Crippen LogP contribution >= 0.6 is 39.0 Å². The highest BCUT2D eigenvalue weighted by molar-refractivity contribution is 9.11. The molecule has 0 atom stereocenters. The van der Waals surface area contributed by atoms with E-state index in [0.29, 0.717) is 0 Å². The molecule has 3 aromatic rings. The summed E-state index contributed by atoms with van der Waals surface area (Å²) in [6, 6.07) is 25.1. The number of halogens is 2. The highest BCUT2D eigenvalue weighted by Crippen LogP contribution is 2.46. The summed E-state index contributed by atoms with van der Waals surface area (Å²) in [5, 5.41) is 2.45. The summed E-state index contributed by atoms with van der Waals surface area (Å²) in [4.78, 5) is 0. The van der Waals surface area contributed by atoms with Crippen molar-refractivity contribution in [3.05, 3.63) is 87.8 Å². The average Bonchev–Trinajstić information content (AvgIpc) is 2.56. The lowest BCUT2D eigenvalue weighted by Gasteiger charge is -2.22. The van der Waals surface area contributed by atoms with Crippen LogP contribution in [0.25, 0.3) is 0 Å². The molecule has 0 fully saturated rings. The Kier molecular flexibility index (Phi) is 4.67. The molecule has 4 heteroatoms. The molecule has 0 aliphatic carbocycles. The molecule has 22 heavy (non-hydrogen) atoms. The second kappa shape index (κ2) is 6.54. The molecular weight excluding hydrogens is 423 g/mol. The van der Waals surface area contributed by atoms with Crippen molar-refractivity contribution in [1.82, 2.24) is 0 Å². The van der Waals surface area contributed by atoms with Crippen LogP contribution < -0.4 is 15.9 Å². The lowest BCUT2D eigenvalue weighted by molar-refractivity contribution is 0.592. The van der Waals surface area contributed by atoms with Gasteiger partial charge in [-0.3, -0.25) is 0 Å². The minimum absolute atomic E-state index is 0.799. The van der Waals surface area contributed by atoms with Crippen molar-refractivity contribution in [2.45, 2.75) is 0 Å². The van der Waals surface area contributed by atoms with Gasteiger partial charge >= 0.3 is 0 Å². The third-order valence-corrected chi connectivity index (χ3v) is 8.59. The first kappa shape index (κ1) is 15.7. The third kappa shape index (κ3) is 2.74. The van der Waals surface area contributed by atoms with Crippen LogP contribution in [0.2, 0.25) is 0 Å². The van der Waals surface area contributed by atoms with Gasteiger partial charge in [0.15, 0.2) is 7.14 Å². The van der Waals surface area contributed by atoms with E-state index in [4.69, 9.17) is 0 Å². The summed E-state index contributed by atoms with van der Waals surface area (Å²) >= 11 is 7.15. The van der Waals surface area contributed by atoms with E-state index in [-0.39, 0.29) is 0 Å². The molecule has 3 aromatic carbocycles. The van der Waals surface area contributed by atoms with Gasteiger partial charge in [0.05, 0.1) is 0 Å². The molecular formula is C18H13Br2OP. The third-order valence-electron chi connectivity index (χ3n) is 3.49. The Morgan fingerprint density at radius 1 is 0.591 bits per heavy atom. The number of hydrogen-bond donors (Lipinski definition) is 0. The first-order chi connectivity index (χ1) is 10.6. The van der Waals surface area contributed by atoms with Gasteiger partial charge < -0.3 is 4.57 Å². The summed E-state index contributed by atoms with van der Waals surface area (Å²) in [6.07, 6.45) is 0. The number of benzene rings is 3. The average molecular weight is 436 g/mol. The molecule has 0 amide bonds. The van der Waals surface area contributed by atoms with Crippen molar-refractivity contribution in [3.63, 3.8) is 0 Å². The van der Waals surface area contributed by atoms with Gasteiger partial charge in [-0.1, -0.05) is 66.7 Å². The van der Waals surface area contributed by atoms with Crippen LogP contribution in [0, 0.1) is 0 Å². The van der Waals surface area contributed by atoms with Gasteiger partial charge in [0.25, 0.3) is 0 Å². The maximum atomic E-state index is 14.2. The minimum Gasteiger partial charge on any atom is -0.309 e. The largest absolute Gasteiger partial charge is 0.309 e. The molecule has 0 N–H and O–H groups in total. The summed E-state index contributed by atoms with van der Waals surface area (Å²) in [5.41, 5.74) is 0. The molecule has 0 unspecified atom stereocenters. The summed E-state index contributed by atoms with van der Waals surface area (Å²) in [6.45, 7) is 0. The molecule has 3 rings (SSSR count). The van der Waals surface area contributed by atoms with Gasteiger partial charge in [0.2, 0.25) is 0 Å². The normalized spacial score (nSPS) is 11.4. The van der Waals surface area contributed by atoms with Crippen molar-refractivity contribution >= 4 is 54.9 Å². The summed E-state index contributed by atoms with van der Waals surface area (Å²) < 4.78 is 15.9. The zero-order valence-electron chi connectivity index (χ0n) is 11.6. The van der Waals surface area contributed by atoms with Crippen LogP contribution in [0.1, 0.15) is 0 Å². The SMILES string of the molecule is O=P(c1ccccc1)(c1ccccc1)c1c(Br)cccc1Br. The second-order valence-electron chi connectivity index (χ2n) is 4.85. The Morgan fingerprint density at radius 3 is 1.41 bits per heavy atom. The predicted molar refractivity (Wildman–Crippen MR) is 101 cm³/mol. The Morgan fingerprint density at radius 2 is 1.00 bits per heavy atom. The molecule has 0 bridgehead atoms. The minimum atomic E-state index is -2.95. The number of rotatable bonds is 3. The maximum absolute atomic E-state index is 14.2. The molecule has 0 spiro atoms. The van der Waals surface area contributed by atoms with Crippen LogP contribution in [-0.4, -0.2) is 0 Å². The van der Waals surface area contributed by atoms with Gasteiger partial charge in [-0.15, -0.1) is 0 Å². The smallest absolute Gasteiger partial charge is 0.173 e. The monoisotopic (exact) mass is 434 g/mol. The van der Waals surface area contributed by atoms with E-state index in [0.717, 1.165) is 24.9 Å². The zero-order chi connectivity index (χ0) is 15.6. The van der Waals surface area contributed by atoms with Crippen molar-refractivity contribution in [1.29, 1.82) is 0 Å². The quantitative estimate of drug-likeness (QED) is 0.537. The van der Waals surface area contributed by atoms with E-state index in [1.165, 1.54) is 0 Å². The van der Waals surface area contributed by atoms with Gasteiger partial charge in [0.1, 0.15) is 0 Å². The van der Waals surface area contributed by atoms with Crippen LogP contribution in [0.3, 0.4) is 0 Å². The van der Waals surface area contributed by atoms with E-state index in [9.17, 15) is 4.57 Å². The van der Waals surface area contributed by atoms with Gasteiger partial charge in [-0.05, 0) is 44.0 Å². The highest BCUT2D eigenvalue weighted by atomic mass is 79.9. The van der Waals surface area contributed by atoms with Crippen LogP contribution in [0.4, 0.5) is 0 Å². The highest BCUT2D eigenvalue weighted by Gasteiger charge is 2.33. The fraction of sp³-hybridized carbons (Fsp3) is 0. The molecule has 1 nitrogen and oxygen atoms in total. The molecule has 0 saturated carbocycles. The Labute approximate surface area is 147 Å². The van der Waals surface area contributed by atoms with E-state index in [2.05, 4.69) is 31.9 Å². The van der Waals surface area contributed by atoms with Gasteiger partial charge in [-0.2, -0.15) is 0 Å². The van der Waals surface area contributed by atoms with Crippen molar-refractivity contribution in [3.8, 4) is 0 Å². The van der Waals surface area contributed by atoms with Crippen molar-refractivity contribution in [2.24, 2.45) is 0 Å². The fourth-order valence-corrected chi connectivity index (χ4v) is 7.72. The molecule has 0 aliphatic heterocycles. The van der Waals surface area contributed by atoms with E-state index in [1.807, 2.05) is 78.9 Å². The topological polar surface area (TPSA) is 17.1 Å². The van der Waals surface area contributed by atoms with E-state index >= 15 is 0 Å². The van der Waals surface area contributed by atoms with Crippen LogP contribution in [0.5, 0.6) is 0 Å². The molecule has 0 aromatic heterocycles. The lowest BCUT2D eigenvalue weighted by atomic mass is 10.4. The standard InChI is InChI=1S/C18H13Br2OP/c19-16-12-7-13-17(20)18(16)22(21,14-8-3-1-4-9-14)15-10-5-2-6-11-15/h1-13H. The van der Waals surface area contributed by atoms with Crippen molar-refractivity contribution in [2.75, 3.05) is 0 Å². The van der Waals surface area contributed by atoms with E-state index < -0.39 is 7.14 Å². The maximum Gasteiger partial charge on any atom is 0.173 e. The molecule has 0 heterocycles. The zero-order valence-corrected chi connectivity index (χ0v) is 15.7. The first-order valence-corrected chi connectivity index (χ1v) is 10.1. The van der Waals surface area contributed by atoms with Gasteiger partial charge in [0, 0.05) is 24.9 Å². The molecule has 0 saturated heterocycles.